The van der Waals surface area contributed by atoms with Crippen LogP contribution >= 0.6 is 0 Å². The summed E-state index contributed by atoms with van der Waals surface area (Å²) in [5, 5.41) is 0. The molecule has 0 aromatic heterocycles. The fourth-order valence-corrected chi connectivity index (χ4v) is 2.29. The standard InChI is InChI=1S/C15H23N3O3/c1-20-11-12-21-10-2-7-17-8-9-18(15(17)19)14-5-3-13(16)4-6-14/h3-6H,2,7-12,16H2,1H3. The van der Waals surface area contributed by atoms with Crippen LogP contribution in [-0.2, 0) is 9.47 Å². The zero-order valence-corrected chi connectivity index (χ0v) is 12.5. The molecule has 2 rings (SSSR count). The zero-order chi connectivity index (χ0) is 15.1. The molecule has 0 atom stereocenters. The number of ether oxygens (including phenoxy) is 2. The van der Waals surface area contributed by atoms with Crippen LogP contribution in [0.15, 0.2) is 24.3 Å². The average Bonchev–Trinajstić information content (AvgIpc) is 2.85. The molecular formula is C15H23N3O3. The minimum atomic E-state index is 0.0525. The van der Waals surface area contributed by atoms with E-state index in [9.17, 15) is 4.79 Å². The van der Waals surface area contributed by atoms with E-state index in [1.165, 1.54) is 0 Å². The van der Waals surface area contributed by atoms with Gasteiger partial charge in [-0.15, -0.1) is 0 Å². The quantitative estimate of drug-likeness (QED) is 0.583. The number of carbonyl (C=O) groups is 1. The molecule has 1 aromatic rings. The summed E-state index contributed by atoms with van der Waals surface area (Å²) in [6, 6.07) is 7.44. The number of nitrogen functional groups attached to an aromatic ring is 1. The molecule has 1 aliphatic heterocycles. The van der Waals surface area contributed by atoms with Crippen LogP contribution in [0.1, 0.15) is 6.42 Å². The predicted octanol–water partition coefficient (Wildman–Crippen LogP) is 1.56. The van der Waals surface area contributed by atoms with Crippen molar-refractivity contribution in [3.8, 4) is 0 Å². The van der Waals surface area contributed by atoms with Crippen molar-refractivity contribution >= 4 is 17.4 Å². The largest absolute Gasteiger partial charge is 0.399 e. The van der Waals surface area contributed by atoms with E-state index in [2.05, 4.69) is 0 Å². The number of nitrogens with zero attached hydrogens (tertiary/aromatic N) is 2. The first-order chi connectivity index (χ1) is 10.2. The molecule has 1 aromatic carbocycles. The van der Waals surface area contributed by atoms with E-state index >= 15 is 0 Å². The van der Waals surface area contributed by atoms with Crippen LogP contribution in [0.4, 0.5) is 16.2 Å². The first kappa shape index (κ1) is 15.6. The number of methoxy groups -OCH3 is 1. The molecule has 6 heteroatoms. The number of nitrogens with two attached hydrogens (primary N) is 1. The second-order valence-corrected chi connectivity index (χ2v) is 4.97. The van der Waals surface area contributed by atoms with Crippen LogP contribution in [0.25, 0.3) is 0 Å². The molecule has 1 heterocycles. The maximum Gasteiger partial charge on any atom is 0.324 e. The Morgan fingerprint density at radius 3 is 2.62 bits per heavy atom. The topological polar surface area (TPSA) is 68.0 Å². The molecule has 0 bridgehead atoms. The number of urea groups is 1. The van der Waals surface area contributed by atoms with Gasteiger partial charge in [-0.25, -0.2) is 4.79 Å². The lowest BCUT2D eigenvalue weighted by Gasteiger charge is -2.18. The minimum absolute atomic E-state index is 0.0525. The lowest BCUT2D eigenvalue weighted by molar-refractivity contribution is 0.0671. The van der Waals surface area contributed by atoms with Gasteiger partial charge in [0.1, 0.15) is 0 Å². The van der Waals surface area contributed by atoms with Crippen molar-refractivity contribution in [3.63, 3.8) is 0 Å². The van der Waals surface area contributed by atoms with Crippen LogP contribution < -0.4 is 10.6 Å². The third-order valence-electron chi connectivity index (χ3n) is 3.45. The fraction of sp³-hybridized carbons (Fsp3) is 0.533. The second-order valence-electron chi connectivity index (χ2n) is 4.97. The maximum absolute atomic E-state index is 12.3. The number of benzene rings is 1. The van der Waals surface area contributed by atoms with E-state index in [-0.39, 0.29) is 6.03 Å². The number of amides is 2. The smallest absolute Gasteiger partial charge is 0.324 e. The molecular weight excluding hydrogens is 270 g/mol. The average molecular weight is 293 g/mol. The van der Waals surface area contributed by atoms with Gasteiger partial charge in [0.2, 0.25) is 0 Å². The Morgan fingerprint density at radius 1 is 1.14 bits per heavy atom. The molecule has 116 valence electrons. The van der Waals surface area contributed by atoms with Gasteiger partial charge in [0.15, 0.2) is 0 Å². The van der Waals surface area contributed by atoms with Gasteiger partial charge in [0.25, 0.3) is 0 Å². The summed E-state index contributed by atoms with van der Waals surface area (Å²) in [5.74, 6) is 0. The Labute approximate surface area is 125 Å². The highest BCUT2D eigenvalue weighted by molar-refractivity contribution is 5.94. The highest BCUT2D eigenvalue weighted by atomic mass is 16.5. The SMILES string of the molecule is COCCOCCCN1CCN(c2ccc(N)cc2)C1=O. The van der Waals surface area contributed by atoms with Crippen LogP contribution in [0.3, 0.4) is 0 Å². The molecule has 0 saturated carbocycles. The predicted molar refractivity (Wildman–Crippen MR) is 82.5 cm³/mol. The van der Waals surface area contributed by atoms with E-state index in [4.69, 9.17) is 15.2 Å². The van der Waals surface area contributed by atoms with E-state index < -0.39 is 0 Å². The van der Waals surface area contributed by atoms with E-state index in [0.29, 0.717) is 32.1 Å². The summed E-state index contributed by atoms with van der Waals surface area (Å²) in [5.41, 5.74) is 7.27. The Bertz CT molecular complexity index is 450. The number of carbonyl (C=O) groups excluding carboxylic acids is 1. The molecule has 0 spiro atoms. The summed E-state index contributed by atoms with van der Waals surface area (Å²) >= 11 is 0. The van der Waals surface area contributed by atoms with Crippen LogP contribution in [0.5, 0.6) is 0 Å². The molecule has 1 aliphatic rings. The van der Waals surface area contributed by atoms with Gasteiger partial charge in [-0.3, -0.25) is 4.90 Å². The molecule has 1 fully saturated rings. The summed E-state index contributed by atoms with van der Waals surface area (Å²) in [7, 11) is 1.65. The number of anilines is 2. The van der Waals surface area contributed by atoms with Gasteiger partial charge in [-0.05, 0) is 30.7 Å². The van der Waals surface area contributed by atoms with Gasteiger partial charge in [-0.2, -0.15) is 0 Å². The third kappa shape index (κ3) is 4.34. The molecule has 0 aliphatic carbocycles. The van der Waals surface area contributed by atoms with Gasteiger partial charge in [0, 0.05) is 44.7 Å². The Balaban J connectivity index is 1.75. The Morgan fingerprint density at radius 2 is 1.90 bits per heavy atom. The highest BCUT2D eigenvalue weighted by Gasteiger charge is 2.28. The molecule has 1 saturated heterocycles. The van der Waals surface area contributed by atoms with E-state index in [1.807, 2.05) is 29.2 Å². The lowest BCUT2D eigenvalue weighted by atomic mass is 10.2. The van der Waals surface area contributed by atoms with Crippen molar-refractivity contribution in [2.75, 3.05) is 57.2 Å². The molecule has 6 nitrogen and oxygen atoms in total. The Hall–Kier alpha value is -1.79. The van der Waals surface area contributed by atoms with Crippen molar-refractivity contribution in [2.45, 2.75) is 6.42 Å². The Kier molecular flexibility index (Phi) is 5.83. The van der Waals surface area contributed by atoms with E-state index in [0.717, 1.165) is 25.2 Å². The summed E-state index contributed by atoms with van der Waals surface area (Å²) < 4.78 is 10.3. The molecule has 2 N–H and O–H groups in total. The van der Waals surface area contributed by atoms with Gasteiger partial charge < -0.3 is 20.1 Å². The summed E-state index contributed by atoms with van der Waals surface area (Å²) in [4.78, 5) is 16.0. The highest BCUT2D eigenvalue weighted by Crippen LogP contribution is 2.21. The van der Waals surface area contributed by atoms with Crippen LogP contribution in [0, 0.1) is 0 Å². The molecule has 0 unspecified atom stereocenters. The van der Waals surface area contributed by atoms with Gasteiger partial charge in [0.05, 0.1) is 13.2 Å². The molecule has 21 heavy (non-hydrogen) atoms. The van der Waals surface area contributed by atoms with Crippen molar-refractivity contribution < 1.29 is 14.3 Å². The van der Waals surface area contributed by atoms with Crippen molar-refractivity contribution in [1.82, 2.24) is 4.90 Å². The number of hydrogen-bond donors (Lipinski definition) is 1. The monoisotopic (exact) mass is 293 g/mol. The summed E-state index contributed by atoms with van der Waals surface area (Å²) in [6.45, 7) is 4.04. The number of hydrogen-bond acceptors (Lipinski definition) is 4. The van der Waals surface area contributed by atoms with E-state index in [1.54, 1.807) is 12.0 Å². The first-order valence-electron chi connectivity index (χ1n) is 7.21. The third-order valence-corrected chi connectivity index (χ3v) is 3.45. The van der Waals surface area contributed by atoms with Crippen LogP contribution in [-0.4, -0.2) is 57.5 Å². The normalized spacial score (nSPS) is 15.0. The van der Waals surface area contributed by atoms with Crippen molar-refractivity contribution in [2.24, 2.45) is 0 Å². The lowest BCUT2D eigenvalue weighted by Crippen LogP contribution is -2.32. The first-order valence-corrected chi connectivity index (χ1v) is 7.21. The molecule has 2 amide bonds. The zero-order valence-electron chi connectivity index (χ0n) is 12.5. The fourth-order valence-electron chi connectivity index (χ4n) is 2.29. The number of rotatable bonds is 8. The second kappa shape index (κ2) is 7.85. The van der Waals surface area contributed by atoms with Crippen LogP contribution in [0.2, 0.25) is 0 Å². The summed E-state index contributed by atoms with van der Waals surface area (Å²) in [6.07, 6.45) is 0.838. The maximum atomic E-state index is 12.3. The minimum Gasteiger partial charge on any atom is -0.399 e. The van der Waals surface area contributed by atoms with Gasteiger partial charge in [-0.1, -0.05) is 0 Å². The van der Waals surface area contributed by atoms with Crippen molar-refractivity contribution in [1.29, 1.82) is 0 Å². The molecule has 0 radical (unpaired) electrons. The van der Waals surface area contributed by atoms with Gasteiger partial charge >= 0.3 is 6.03 Å². The van der Waals surface area contributed by atoms with Crippen molar-refractivity contribution in [3.05, 3.63) is 24.3 Å².